The Morgan fingerprint density at radius 2 is 2.47 bits per heavy atom. The van der Waals surface area contributed by atoms with Gasteiger partial charge in [-0.05, 0) is 54.3 Å². The van der Waals surface area contributed by atoms with Gasteiger partial charge in [-0.3, -0.25) is 4.79 Å². The molecule has 1 unspecified atom stereocenters. The molecule has 1 aliphatic rings. The van der Waals surface area contributed by atoms with E-state index in [0.717, 1.165) is 37.8 Å². The lowest BCUT2D eigenvalue weighted by molar-refractivity contribution is 0.0730. The summed E-state index contributed by atoms with van der Waals surface area (Å²) in [6.07, 6.45) is 4.29. The Hall–Kier alpha value is 0.190. The van der Waals surface area contributed by atoms with Crippen molar-refractivity contribution in [3.8, 4) is 0 Å². The largest absolute Gasteiger partial charge is 0.336 e. The molecule has 1 aromatic rings. The van der Waals surface area contributed by atoms with Crippen LogP contribution in [-0.4, -0.2) is 29.3 Å². The number of nitrogens with zero attached hydrogens (tertiary/aromatic N) is 1. The second-order valence-electron chi connectivity index (χ2n) is 4.27. The predicted molar refractivity (Wildman–Crippen MR) is 81.0 cm³/mol. The molecule has 2 rings (SSSR count). The zero-order valence-electron chi connectivity index (χ0n) is 9.49. The number of rotatable bonds is 4. The highest BCUT2D eigenvalue weighted by Gasteiger charge is 2.29. The first-order valence-corrected chi connectivity index (χ1v) is 8.32. The molecule has 0 aromatic carbocycles. The molecule has 2 heterocycles. The van der Waals surface area contributed by atoms with Gasteiger partial charge < -0.3 is 4.90 Å². The standard InChI is InChI=1S/C12H15ClINOS/c13-5-1-3-10-4-2-6-15(10)12(16)9-7-11(14)17-8-9/h7-8,10H,1-6H2. The van der Waals surface area contributed by atoms with Crippen LogP contribution in [0.3, 0.4) is 0 Å². The maximum atomic E-state index is 12.3. The van der Waals surface area contributed by atoms with Crippen molar-refractivity contribution >= 4 is 51.4 Å². The molecule has 0 bridgehead atoms. The van der Waals surface area contributed by atoms with Gasteiger partial charge in [-0.15, -0.1) is 22.9 Å². The third-order valence-corrected chi connectivity index (χ3v) is 5.18. The number of halogens is 2. The van der Waals surface area contributed by atoms with Gasteiger partial charge in [0.25, 0.3) is 5.91 Å². The van der Waals surface area contributed by atoms with Crippen molar-refractivity contribution in [3.05, 3.63) is 19.9 Å². The summed E-state index contributed by atoms with van der Waals surface area (Å²) < 4.78 is 1.17. The Kier molecular flexibility index (Phi) is 5.11. The van der Waals surface area contributed by atoms with Crippen LogP contribution >= 0.6 is 45.5 Å². The van der Waals surface area contributed by atoms with Gasteiger partial charge in [-0.1, -0.05) is 0 Å². The molecule has 1 fully saturated rings. The van der Waals surface area contributed by atoms with Crippen LogP contribution in [0.5, 0.6) is 0 Å². The van der Waals surface area contributed by atoms with Gasteiger partial charge >= 0.3 is 0 Å². The third kappa shape index (κ3) is 3.35. The van der Waals surface area contributed by atoms with Gasteiger partial charge in [0.15, 0.2) is 0 Å². The maximum Gasteiger partial charge on any atom is 0.254 e. The first kappa shape index (κ1) is 13.6. The monoisotopic (exact) mass is 383 g/mol. The molecule has 2 nitrogen and oxygen atoms in total. The molecule has 0 radical (unpaired) electrons. The minimum absolute atomic E-state index is 0.196. The summed E-state index contributed by atoms with van der Waals surface area (Å²) in [6, 6.07) is 2.38. The van der Waals surface area contributed by atoms with E-state index in [1.165, 1.54) is 2.88 Å². The van der Waals surface area contributed by atoms with Gasteiger partial charge in [0, 0.05) is 23.8 Å². The Bertz CT molecular complexity index is 396. The van der Waals surface area contributed by atoms with E-state index in [1.807, 2.05) is 16.3 Å². The van der Waals surface area contributed by atoms with E-state index in [1.54, 1.807) is 11.3 Å². The van der Waals surface area contributed by atoms with Crippen LogP contribution in [0.2, 0.25) is 0 Å². The van der Waals surface area contributed by atoms with Crippen LogP contribution in [0.4, 0.5) is 0 Å². The molecular weight excluding hydrogens is 369 g/mol. The second-order valence-corrected chi connectivity index (χ2v) is 7.45. The van der Waals surface area contributed by atoms with Gasteiger partial charge in [0.2, 0.25) is 0 Å². The minimum atomic E-state index is 0.196. The first-order valence-electron chi connectivity index (χ1n) is 5.83. The van der Waals surface area contributed by atoms with Crippen LogP contribution in [-0.2, 0) is 0 Å². The van der Waals surface area contributed by atoms with Crippen molar-refractivity contribution in [2.45, 2.75) is 31.7 Å². The van der Waals surface area contributed by atoms with Crippen molar-refractivity contribution in [1.82, 2.24) is 4.90 Å². The Morgan fingerprint density at radius 3 is 3.12 bits per heavy atom. The lowest BCUT2D eigenvalue weighted by atomic mass is 10.1. The number of hydrogen-bond acceptors (Lipinski definition) is 2. The summed E-state index contributed by atoms with van der Waals surface area (Å²) in [7, 11) is 0. The van der Waals surface area contributed by atoms with Crippen molar-refractivity contribution in [3.63, 3.8) is 0 Å². The molecular formula is C12H15ClINOS. The molecule has 17 heavy (non-hydrogen) atoms. The molecule has 1 aliphatic heterocycles. The molecule has 1 aromatic heterocycles. The normalized spacial score (nSPS) is 19.9. The van der Waals surface area contributed by atoms with Crippen molar-refractivity contribution < 1.29 is 4.79 Å². The zero-order valence-corrected chi connectivity index (χ0v) is 13.2. The first-order chi connectivity index (χ1) is 8.22. The number of carbonyl (C=O) groups is 1. The van der Waals surface area contributed by atoms with E-state index >= 15 is 0 Å². The predicted octanol–water partition coefficient (Wildman–Crippen LogP) is 3.98. The molecule has 0 N–H and O–H groups in total. The molecule has 94 valence electrons. The third-order valence-electron chi connectivity index (χ3n) is 3.12. The fourth-order valence-electron chi connectivity index (χ4n) is 2.30. The van der Waals surface area contributed by atoms with Gasteiger partial charge in [0.1, 0.15) is 0 Å². The summed E-state index contributed by atoms with van der Waals surface area (Å²) in [6.45, 7) is 0.901. The summed E-state index contributed by atoms with van der Waals surface area (Å²) in [4.78, 5) is 14.4. The SMILES string of the molecule is O=C(c1csc(I)c1)N1CCCC1CCCCl. The Morgan fingerprint density at radius 1 is 1.65 bits per heavy atom. The lowest BCUT2D eigenvalue weighted by Gasteiger charge is -2.24. The van der Waals surface area contributed by atoms with E-state index < -0.39 is 0 Å². The second kappa shape index (κ2) is 6.38. The van der Waals surface area contributed by atoms with E-state index in [9.17, 15) is 4.79 Å². The average molecular weight is 384 g/mol. The Labute approximate surface area is 124 Å². The average Bonchev–Trinajstić information content (AvgIpc) is 2.94. The molecule has 0 spiro atoms. The van der Waals surface area contributed by atoms with E-state index in [4.69, 9.17) is 11.6 Å². The molecule has 1 atom stereocenters. The highest BCUT2D eigenvalue weighted by Crippen LogP contribution is 2.25. The van der Waals surface area contributed by atoms with Crippen molar-refractivity contribution in [1.29, 1.82) is 0 Å². The maximum absolute atomic E-state index is 12.3. The molecule has 0 aliphatic carbocycles. The summed E-state index contributed by atoms with van der Waals surface area (Å²) in [5, 5.41) is 1.96. The van der Waals surface area contributed by atoms with Crippen LogP contribution in [0.1, 0.15) is 36.0 Å². The smallest absolute Gasteiger partial charge is 0.254 e. The van der Waals surface area contributed by atoms with Gasteiger partial charge in [-0.2, -0.15) is 0 Å². The van der Waals surface area contributed by atoms with Crippen molar-refractivity contribution in [2.75, 3.05) is 12.4 Å². The molecule has 5 heteroatoms. The van der Waals surface area contributed by atoms with Crippen LogP contribution in [0, 0.1) is 2.88 Å². The number of thiophene rings is 1. The molecule has 1 amide bonds. The highest BCUT2D eigenvalue weighted by atomic mass is 127. The van der Waals surface area contributed by atoms with Crippen LogP contribution in [0.15, 0.2) is 11.4 Å². The zero-order chi connectivity index (χ0) is 12.3. The van der Waals surface area contributed by atoms with E-state index in [-0.39, 0.29) is 5.91 Å². The van der Waals surface area contributed by atoms with E-state index in [0.29, 0.717) is 11.9 Å². The van der Waals surface area contributed by atoms with E-state index in [2.05, 4.69) is 22.6 Å². The van der Waals surface area contributed by atoms with Crippen LogP contribution < -0.4 is 0 Å². The summed E-state index contributed by atoms with van der Waals surface area (Å²) in [5.74, 6) is 0.885. The van der Waals surface area contributed by atoms with Gasteiger partial charge in [0.05, 0.1) is 8.45 Å². The molecule has 1 saturated heterocycles. The number of carbonyl (C=O) groups excluding carboxylic acids is 1. The highest BCUT2D eigenvalue weighted by molar-refractivity contribution is 14.1. The van der Waals surface area contributed by atoms with Crippen LogP contribution in [0.25, 0.3) is 0 Å². The minimum Gasteiger partial charge on any atom is -0.336 e. The Balaban J connectivity index is 2.03. The van der Waals surface area contributed by atoms with Crippen molar-refractivity contribution in [2.24, 2.45) is 0 Å². The molecule has 0 saturated carbocycles. The summed E-state index contributed by atoms with van der Waals surface area (Å²) >= 11 is 9.61. The van der Waals surface area contributed by atoms with Gasteiger partial charge in [-0.25, -0.2) is 0 Å². The number of hydrogen-bond donors (Lipinski definition) is 0. The number of likely N-dealkylation sites (tertiary alicyclic amines) is 1. The number of alkyl halides is 1. The topological polar surface area (TPSA) is 20.3 Å². The number of amides is 1. The summed E-state index contributed by atoms with van der Waals surface area (Å²) in [5.41, 5.74) is 0.845. The quantitative estimate of drug-likeness (QED) is 0.569. The lowest BCUT2D eigenvalue weighted by Crippen LogP contribution is -2.35. The fraction of sp³-hybridized carbons (Fsp3) is 0.583. The fourth-order valence-corrected chi connectivity index (χ4v) is 3.78.